The first kappa shape index (κ1) is 13.6. The molecule has 0 radical (unpaired) electrons. The molecular weight excluding hydrogens is 264 g/mol. The lowest BCUT2D eigenvalue weighted by Gasteiger charge is -2.33. The van der Waals surface area contributed by atoms with Crippen molar-refractivity contribution in [2.45, 2.75) is 19.3 Å². The van der Waals surface area contributed by atoms with Gasteiger partial charge in [0, 0.05) is 39.0 Å². The summed E-state index contributed by atoms with van der Waals surface area (Å²) < 4.78 is 2.08. The van der Waals surface area contributed by atoms with Crippen LogP contribution in [0.1, 0.15) is 24.4 Å². The highest BCUT2D eigenvalue weighted by Gasteiger charge is 2.22. The van der Waals surface area contributed by atoms with Gasteiger partial charge in [0.1, 0.15) is 11.9 Å². The predicted molar refractivity (Wildman–Crippen MR) is 78.6 cm³/mol. The molecule has 0 aromatic carbocycles. The molecule has 1 unspecified atom stereocenters. The maximum Gasteiger partial charge on any atom is 0.163 e. The van der Waals surface area contributed by atoms with Crippen molar-refractivity contribution in [3.05, 3.63) is 36.0 Å². The molecule has 2 aromatic heterocycles. The summed E-state index contributed by atoms with van der Waals surface area (Å²) in [6, 6.07) is 5.61. The van der Waals surface area contributed by atoms with Crippen LogP contribution in [0.2, 0.25) is 0 Å². The minimum atomic E-state index is 0.361. The molecule has 2 aromatic rings. The van der Waals surface area contributed by atoms with Crippen LogP contribution in [0, 0.1) is 17.2 Å². The Labute approximate surface area is 124 Å². The van der Waals surface area contributed by atoms with E-state index in [-0.39, 0.29) is 0 Å². The molecule has 3 heterocycles. The first-order chi connectivity index (χ1) is 10.3. The maximum absolute atomic E-state index is 8.78. The third-order valence-corrected chi connectivity index (χ3v) is 4.00. The molecule has 0 amide bonds. The van der Waals surface area contributed by atoms with Gasteiger partial charge in [0.25, 0.3) is 0 Å². The number of piperidine rings is 1. The molecule has 0 bridgehead atoms. The van der Waals surface area contributed by atoms with E-state index in [1.165, 1.54) is 6.42 Å². The number of rotatable bonds is 3. The first-order valence-corrected chi connectivity index (χ1v) is 7.21. The van der Waals surface area contributed by atoms with E-state index < -0.39 is 0 Å². The zero-order valence-corrected chi connectivity index (χ0v) is 12.1. The second-order valence-corrected chi connectivity index (χ2v) is 5.50. The van der Waals surface area contributed by atoms with Gasteiger partial charge in [-0.15, -0.1) is 10.2 Å². The van der Waals surface area contributed by atoms with Gasteiger partial charge >= 0.3 is 0 Å². The highest BCUT2D eigenvalue weighted by Crippen LogP contribution is 2.23. The third-order valence-electron chi connectivity index (χ3n) is 4.00. The molecule has 0 N–H and O–H groups in total. The van der Waals surface area contributed by atoms with Crippen LogP contribution in [0.4, 0.5) is 5.82 Å². The number of nitrogens with zero attached hydrogens (tertiary/aromatic N) is 6. The number of hydrogen-bond acceptors (Lipinski definition) is 5. The Morgan fingerprint density at radius 2 is 2.29 bits per heavy atom. The van der Waals surface area contributed by atoms with Crippen molar-refractivity contribution >= 4 is 5.82 Å². The lowest BCUT2D eigenvalue weighted by molar-refractivity contribution is 0.401. The second kappa shape index (κ2) is 5.92. The van der Waals surface area contributed by atoms with Crippen LogP contribution in [0.15, 0.2) is 24.5 Å². The number of anilines is 1. The molecule has 1 saturated heterocycles. The van der Waals surface area contributed by atoms with Crippen LogP contribution in [-0.2, 0) is 13.5 Å². The molecule has 6 heteroatoms. The summed E-state index contributed by atoms with van der Waals surface area (Å²) in [4.78, 5) is 6.67. The Morgan fingerprint density at radius 1 is 1.38 bits per heavy atom. The van der Waals surface area contributed by atoms with Gasteiger partial charge in [0.05, 0.1) is 0 Å². The Kier molecular flexibility index (Phi) is 3.82. The van der Waals surface area contributed by atoms with Gasteiger partial charge in [-0.3, -0.25) is 0 Å². The average Bonchev–Trinajstić information content (AvgIpc) is 2.93. The summed E-state index contributed by atoms with van der Waals surface area (Å²) in [5, 5.41) is 16.8. The summed E-state index contributed by atoms with van der Waals surface area (Å²) in [7, 11) is 2.04. The molecule has 6 nitrogen and oxygen atoms in total. The molecule has 21 heavy (non-hydrogen) atoms. The van der Waals surface area contributed by atoms with Gasteiger partial charge in [-0.2, -0.15) is 5.26 Å². The van der Waals surface area contributed by atoms with Gasteiger partial charge in [-0.25, -0.2) is 4.98 Å². The maximum atomic E-state index is 8.78. The summed E-state index contributed by atoms with van der Waals surface area (Å²) in [5.41, 5.74) is 0.361. The van der Waals surface area contributed by atoms with Crippen molar-refractivity contribution in [3.8, 4) is 6.07 Å². The van der Waals surface area contributed by atoms with Crippen molar-refractivity contribution in [3.63, 3.8) is 0 Å². The van der Waals surface area contributed by atoms with Gasteiger partial charge in [-0.05, 0) is 30.9 Å². The van der Waals surface area contributed by atoms with Crippen LogP contribution in [-0.4, -0.2) is 32.8 Å². The molecule has 1 aliphatic heterocycles. The van der Waals surface area contributed by atoms with Crippen molar-refractivity contribution in [2.24, 2.45) is 13.0 Å². The fraction of sp³-hybridized carbons (Fsp3) is 0.467. The number of aromatic nitrogens is 4. The van der Waals surface area contributed by atoms with E-state index in [9.17, 15) is 0 Å². The van der Waals surface area contributed by atoms with E-state index >= 15 is 0 Å². The highest BCUT2D eigenvalue weighted by atomic mass is 15.3. The number of nitriles is 1. The zero-order valence-electron chi connectivity index (χ0n) is 12.1. The lowest BCUT2D eigenvalue weighted by Crippen LogP contribution is -2.37. The predicted octanol–water partition coefficient (Wildman–Crippen LogP) is 1.54. The first-order valence-electron chi connectivity index (χ1n) is 7.21. The summed E-state index contributed by atoms with van der Waals surface area (Å²) in [6.45, 7) is 1.96. The number of aryl methyl sites for hydroxylation is 1. The second-order valence-electron chi connectivity index (χ2n) is 5.50. The van der Waals surface area contributed by atoms with Gasteiger partial charge in [0.15, 0.2) is 11.5 Å². The van der Waals surface area contributed by atoms with Crippen molar-refractivity contribution in [1.82, 2.24) is 19.7 Å². The van der Waals surface area contributed by atoms with E-state index in [1.807, 2.05) is 31.6 Å². The Hall–Kier alpha value is -2.42. The minimum Gasteiger partial charge on any atom is -0.355 e. The van der Waals surface area contributed by atoms with E-state index in [4.69, 9.17) is 5.26 Å². The Bertz CT molecular complexity index is 639. The fourth-order valence-electron chi connectivity index (χ4n) is 2.84. The number of hydrogen-bond donors (Lipinski definition) is 0. The van der Waals surface area contributed by atoms with E-state index in [0.717, 1.165) is 37.6 Å². The summed E-state index contributed by atoms with van der Waals surface area (Å²) in [5.74, 6) is 2.57. The van der Waals surface area contributed by atoms with Crippen LogP contribution < -0.4 is 4.90 Å². The van der Waals surface area contributed by atoms with E-state index in [0.29, 0.717) is 11.6 Å². The van der Waals surface area contributed by atoms with Crippen molar-refractivity contribution in [1.29, 1.82) is 5.26 Å². The average molecular weight is 282 g/mol. The lowest BCUT2D eigenvalue weighted by atomic mass is 9.94. The largest absolute Gasteiger partial charge is 0.355 e. The van der Waals surface area contributed by atoms with Crippen LogP contribution in [0.5, 0.6) is 0 Å². The van der Waals surface area contributed by atoms with Crippen LogP contribution >= 0.6 is 0 Å². The quantitative estimate of drug-likeness (QED) is 0.854. The zero-order chi connectivity index (χ0) is 14.7. The van der Waals surface area contributed by atoms with Gasteiger partial charge in [0.2, 0.25) is 0 Å². The Balaban J connectivity index is 1.67. The summed E-state index contributed by atoms with van der Waals surface area (Å²) in [6.07, 6.45) is 7.19. The molecular formula is C15H18N6. The molecule has 0 spiro atoms. The highest BCUT2D eigenvalue weighted by molar-refractivity contribution is 5.39. The fourth-order valence-corrected chi connectivity index (χ4v) is 2.84. The SMILES string of the molecule is Cn1ccnc1CC1CCCN(c2ccc(C#N)nn2)C1. The monoisotopic (exact) mass is 282 g/mol. The normalized spacial score (nSPS) is 18.5. The number of imidazole rings is 1. The Morgan fingerprint density at radius 3 is 2.95 bits per heavy atom. The summed E-state index contributed by atoms with van der Waals surface area (Å²) >= 11 is 0. The van der Waals surface area contributed by atoms with Crippen LogP contribution in [0.3, 0.4) is 0 Å². The van der Waals surface area contributed by atoms with Crippen molar-refractivity contribution < 1.29 is 0 Å². The van der Waals surface area contributed by atoms with Gasteiger partial charge in [-0.1, -0.05) is 0 Å². The molecule has 1 fully saturated rings. The van der Waals surface area contributed by atoms with Crippen molar-refractivity contribution in [2.75, 3.05) is 18.0 Å². The molecule has 1 atom stereocenters. The molecule has 108 valence electrons. The minimum absolute atomic E-state index is 0.361. The molecule has 3 rings (SSSR count). The molecule has 1 aliphatic rings. The van der Waals surface area contributed by atoms with Crippen LogP contribution in [0.25, 0.3) is 0 Å². The standard InChI is InChI=1S/C15H18N6/c1-20-8-6-17-15(20)9-12-3-2-7-21(11-12)14-5-4-13(10-16)18-19-14/h4-6,8,12H,2-3,7,9,11H2,1H3. The topological polar surface area (TPSA) is 70.6 Å². The molecule has 0 aliphatic carbocycles. The van der Waals surface area contributed by atoms with E-state index in [1.54, 1.807) is 6.07 Å². The van der Waals surface area contributed by atoms with E-state index in [2.05, 4.69) is 24.6 Å². The smallest absolute Gasteiger partial charge is 0.163 e. The third kappa shape index (κ3) is 3.02. The molecule has 0 saturated carbocycles. The van der Waals surface area contributed by atoms with Gasteiger partial charge < -0.3 is 9.47 Å².